The molecule has 3 aromatic rings. The Morgan fingerprint density at radius 3 is 2.87 bits per heavy atom. The molecule has 0 bridgehead atoms. The minimum Gasteiger partial charge on any atom is -0.481 e. The first-order chi connectivity index (χ1) is 11.1. The van der Waals surface area contributed by atoms with E-state index < -0.39 is 0 Å². The second kappa shape index (κ2) is 6.42. The molecular weight excluding hydrogens is 360 g/mol. The lowest BCUT2D eigenvalue weighted by atomic mass is 10.1. The highest BCUT2D eigenvalue weighted by molar-refractivity contribution is 9.10. The van der Waals surface area contributed by atoms with Crippen molar-refractivity contribution in [3.8, 4) is 5.88 Å². The van der Waals surface area contributed by atoms with Crippen LogP contribution >= 0.6 is 15.9 Å². The van der Waals surface area contributed by atoms with Crippen LogP contribution in [0.3, 0.4) is 0 Å². The van der Waals surface area contributed by atoms with Gasteiger partial charge in [-0.05, 0) is 30.7 Å². The highest BCUT2D eigenvalue weighted by Crippen LogP contribution is 2.28. The lowest BCUT2D eigenvalue weighted by Gasteiger charge is -2.04. The number of aromatic nitrogens is 1. The quantitative estimate of drug-likeness (QED) is 0.753. The average molecular weight is 375 g/mol. The Morgan fingerprint density at radius 2 is 2.17 bits per heavy atom. The first-order valence-corrected chi connectivity index (χ1v) is 7.83. The van der Waals surface area contributed by atoms with E-state index in [2.05, 4.69) is 26.2 Å². The predicted octanol–water partition coefficient (Wildman–Crippen LogP) is 3.84. The molecule has 0 aliphatic heterocycles. The Kier molecular flexibility index (Phi) is 4.34. The van der Waals surface area contributed by atoms with E-state index >= 15 is 0 Å². The van der Waals surface area contributed by atoms with E-state index in [0.29, 0.717) is 23.8 Å². The number of hydrogen-bond donors (Lipinski definition) is 1. The average Bonchev–Trinajstić information content (AvgIpc) is 2.90. The Morgan fingerprint density at radius 1 is 1.35 bits per heavy atom. The summed E-state index contributed by atoms with van der Waals surface area (Å²) in [5.74, 6) is 0.629. The molecule has 5 nitrogen and oxygen atoms in total. The fourth-order valence-electron chi connectivity index (χ4n) is 2.31. The number of benzene rings is 1. The second-order valence-electron chi connectivity index (χ2n) is 5.09. The maximum atomic E-state index is 12.4. The van der Waals surface area contributed by atoms with Crippen molar-refractivity contribution in [2.24, 2.45) is 0 Å². The maximum absolute atomic E-state index is 12.4. The molecule has 6 heteroatoms. The lowest BCUT2D eigenvalue weighted by Crippen LogP contribution is -2.23. The van der Waals surface area contributed by atoms with Crippen molar-refractivity contribution in [1.29, 1.82) is 0 Å². The number of furan rings is 1. The molecule has 0 radical (unpaired) electrons. The second-order valence-corrected chi connectivity index (χ2v) is 6.00. The molecule has 0 fully saturated rings. The Hall–Kier alpha value is -2.34. The van der Waals surface area contributed by atoms with Gasteiger partial charge < -0.3 is 14.5 Å². The fourth-order valence-corrected chi connectivity index (χ4v) is 2.67. The number of methoxy groups -OCH3 is 1. The third kappa shape index (κ3) is 3.22. The topological polar surface area (TPSA) is 64.4 Å². The van der Waals surface area contributed by atoms with Crippen LogP contribution < -0.4 is 10.1 Å². The summed E-state index contributed by atoms with van der Waals surface area (Å²) in [6.07, 6.45) is 1.67. The summed E-state index contributed by atoms with van der Waals surface area (Å²) in [6.45, 7) is 2.25. The molecule has 118 valence electrons. The van der Waals surface area contributed by atoms with Crippen LogP contribution in [0, 0.1) is 6.92 Å². The number of rotatable bonds is 4. The molecule has 0 aliphatic rings. The van der Waals surface area contributed by atoms with Crippen molar-refractivity contribution in [3.63, 3.8) is 0 Å². The summed E-state index contributed by atoms with van der Waals surface area (Å²) >= 11 is 3.43. The van der Waals surface area contributed by atoms with Gasteiger partial charge in [0, 0.05) is 34.2 Å². The van der Waals surface area contributed by atoms with Crippen molar-refractivity contribution in [1.82, 2.24) is 10.3 Å². The van der Waals surface area contributed by atoms with Crippen LogP contribution in [0.1, 0.15) is 21.7 Å². The summed E-state index contributed by atoms with van der Waals surface area (Å²) in [7, 11) is 1.56. The summed E-state index contributed by atoms with van der Waals surface area (Å²) in [4.78, 5) is 16.5. The summed E-state index contributed by atoms with van der Waals surface area (Å²) in [6, 6.07) is 9.28. The zero-order valence-electron chi connectivity index (χ0n) is 12.7. The standard InChI is InChI=1S/C17H15BrN2O3/c1-10-13-7-12(18)4-5-14(13)23-16(10)17(21)20-9-11-3-6-15(22-2)19-8-11/h3-8H,9H2,1-2H3,(H,20,21). The summed E-state index contributed by atoms with van der Waals surface area (Å²) in [5, 5.41) is 3.77. The molecule has 1 N–H and O–H groups in total. The summed E-state index contributed by atoms with van der Waals surface area (Å²) in [5.41, 5.74) is 2.41. The molecule has 2 heterocycles. The number of fused-ring (bicyclic) bond motifs is 1. The van der Waals surface area contributed by atoms with Crippen LogP contribution in [0.2, 0.25) is 0 Å². The molecule has 2 aromatic heterocycles. The van der Waals surface area contributed by atoms with Gasteiger partial charge in [-0.2, -0.15) is 0 Å². The minimum absolute atomic E-state index is 0.245. The molecular formula is C17H15BrN2O3. The van der Waals surface area contributed by atoms with Crippen LogP contribution in [0.4, 0.5) is 0 Å². The SMILES string of the molecule is COc1ccc(CNC(=O)c2oc3ccc(Br)cc3c2C)cn1. The minimum atomic E-state index is -0.245. The number of hydrogen-bond acceptors (Lipinski definition) is 4. The molecule has 0 aliphatic carbocycles. The van der Waals surface area contributed by atoms with E-state index in [-0.39, 0.29) is 5.91 Å². The fraction of sp³-hybridized carbons (Fsp3) is 0.176. The van der Waals surface area contributed by atoms with Crippen LogP contribution in [0.25, 0.3) is 11.0 Å². The number of carbonyl (C=O) groups excluding carboxylic acids is 1. The molecule has 0 atom stereocenters. The predicted molar refractivity (Wildman–Crippen MR) is 90.6 cm³/mol. The van der Waals surface area contributed by atoms with Crippen LogP contribution in [0.5, 0.6) is 5.88 Å². The van der Waals surface area contributed by atoms with E-state index in [4.69, 9.17) is 9.15 Å². The Bertz CT molecular complexity index is 856. The third-order valence-electron chi connectivity index (χ3n) is 3.56. The normalized spacial score (nSPS) is 10.7. The van der Waals surface area contributed by atoms with E-state index in [1.807, 2.05) is 31.2 Å². The Balaban J connectivity index is 1.76. The molecule has 0 saturated carbocycles. The van der Waals surface area contributed by atoms with Crippen molar-refractivity contribution in [2.75, 3.05) is 7.11 Å². The zero-order chi connectivity index (χ0) is 16.4. The highest BCUT2D eigenvalue weighted by Gasteiger charge is 2.17. The third-order valence-corrected chi connectivity index (χ3v) is 4.06. The number of aryl methyl sites for hydroxylation is 1. The van der Waals surface area contributed by atoms with Crippen molar-refractivity contribution >= 4 is 32.8 Å². The molecule has 1 amide bonds. The van der Waals surface area contributed by atoms with Gasteiger partial charge in [0.15, 0.2) is 5.76 Å². The van der Waals surface area contributed by atoms with Gasteiger partial charge in [0.2, 0.25) is 5.88 Å². The van der Waals surface area contributed by atoms with Gasteiger partial charge in [0.05, 0.1) is 7.11 Å². The number of nitrogens with one attached hydrogen (secondary N) is 1. The smallest absolute Gasteiger partial charge is 0.287 e. The van der Waals surface area contributed by atoms with Gasteiger partial charge in [0.1, 0.15) is 5.58 Å². The highest BCUT2D eigenvalue weighted by atomic mass is 79.9. The van der Waals surface area contributed by atoms with Crippen molar-refractivity contribution in [2.45, 2.75) is 13.5 Å². The Labute approximate surface area is 141 Å². The van der Waals surface area contributed by atoms with E-state index in [0.717, 1.165) is 21.0 Å². The number of pyridine rings is 1. The van der Waals surface area contributed by atoms with Gasteiger partial charge in [-0.1, -0.05) is 22.0 Å². The van der Waals surface area contributed by atoms with E-state index in [1.54, 1.807) is 19.4 Å². The van der Waals surface area contributed by atoms with Gasteiger partial charge in [-0.3, -0.25) is 4.79 Å². The van der Waals surface area contributed by atoms with Crippen molar-refractivity contribution < 1.29 is 13.9 Å². The molecule has 0 spiro atoms. The first kappa shape index (κ1) is 15.6. The molecule has 0 saturated heterocycles. The molecule has 0 unspecified atom stereocenters. The molecule has 3 rings (SSSR count). The number of halogens is 1. The number of carbonyl (C=O) groups is 1. The zero-order valence-corrected chi connectivity index (χ0v) is 14.3. The van der Waals surface area contributed by atoms with Gasteiger partial charge >= 0.3 is 0 Å². The van der Waals surface area contributed by atoms with Gasteiger partial charge in [-0.15, -0.1) is 0 Å². The number of amides is 1. The van der Waals surface area contributed by atoms with Crippen molar-refractivity contribution in [3.05, 3.63) is 57.9 Å². The van der Waals surface area contributed by atoms with Crippen LogP contribution in [-0.4, -0.2) is 18.0 Å². The van der Waals surface area contributed by atoms with E-state index in [1.165, 1.54) is 0 Å². The van der Waals surface area contributed by atoms with E-state index in [9.17, 15) is 4.79 Å². The van der Waals surface area contributed by atoms with Gasteiger partial charge in [-0.25, -0.2) is 4.98 Å². The van der Waals surface area contributed by atoms with Crippen LogP contribution in [0.15, 0.2) is 45.4 Å². The molecule has 1 aromatic carbocycles. The van der Waals surface area contributed by atoms with Crippen LogP contribution in [-0.2, 0) is 6.54 Å². The molecule has 23 heavy (non-hydrogen) atoms. The number of nitrogens with zero attached hydrogens (tertiary/aromatic N) is 1. The van der Waals surface area contributed by atoms with Gasteiger partial charge in [0.25, 0.3) is 5.91 Å². The summed E-state index contributed by atoms with van der Waals surface area (Å²) < 4.78 is 11.6. The first-order valence-electron chi connectivity index (χ1n) is 7.04. The lowest BCUT2D eigenvalue weighted by molar-refractivity contribution is 0.0924. The largest absolute Gasteiger partial charge is 0.481 e. The monoisotopic (exact) mass is 374 g/mol. The number of ether oxygens (including phenoxy) is 1. The maximum Gasteiger partial charge on any atom is 0.287 e.